The first-order valence-electron chi connectivity index (χ1n) is 11.4. The van der Waals surface area contributed by atoms with E-state index < -0.39 is 5.82 Å². The molecule has 1 aliphatic heterocycles. The lowest BCUT2D eigenvalue weighted by Gasteiger charge is -2.19. The fraction of sp³-hybridized carbons (Fsp3) is 0.231. The molecule has 0 radical (unpaired) electrons. The third-order valence-corrected chi connectivity index (χ3v) is 6.15. The van der Waals surface area contributed by atoms with Gasteiger partial charge in [-0.1, -0.05) is 30.3 Å². The number of pyridine rings is 1. The summed E-state index contributed by atoms with van der Waals surface area (Å²) in [5.41, 5.74) is 10.0. The van der Waals surface area contributed by atoms with E-state index in [-0.39, 0.29) is 11.5 Å². The van der Waals surface area contributed by atoms with Crippen LogP contribution in [0.4, 0.5) is 16.0 Å². The van der Waals surface area contributed by atoms with E-state index in [1.165, 1.54) is 31.3 Å². The molecule has 5 rings (SSSR count). The Morgan fingerprint density at radius 1 is 1.06 bits per heavy atom. The average molecular weight is 456 g/mol. The average Bonchev–Trinajstić information content (AvgIpc) is 3.35. The number of nitrogens with two attached hydrogens (primary N) is 1. The van der Waals surface area contributed by atoms with Gasteiger partial charge in [0, 0.05) is 24.0 Å². The van der Waals surface area contributed by atoms with Crippen molar-refractivity contribution in [3.63, 3.8) is 0 Å². The highest BCUT2D eigenvalue weighted by Gasteiger charge is 2.19. The largest absolute Gasteiger partial charge is 0.383 e. The Labute approximate surface area is 197 Å². The Morgan fingerprint density at radius 2 is 1.88 bits per heavy atom. The maximum atomic E-state index is 13.8. The van der Waals surface area contributed by atoms with Gasteiger partial charge in [0.05, 0.1) is 22.5 Å². The number of halogens is 1. The maximum Gasteiger partial charge on any atom is 0.141 e. The Morgan fingerprint density at radius 3 is 2.71 bits per heavy atom. The number of rotatable bonds is 7. The highest BCUT2D eigenvalue weighted by Crippen LogP contribution is 2.25. The molecular weight excluding hydrogens is 429 g/mol. The van der Waals surface area contributed by atoms with Crippen LogP contribution in [0.1, 0.15) is 35.2 Å². The lowest BCUT2D eigenvalue weighted by atomic mass is 10.0. The molecule has 0 bridgehead atoms. The molecule has 34 heavy (non-hydrogen) atoms. The molecule has 0 aliphatic carbocycles. The predicted octanol–water partition coefficient (Wildman–Crippen LogP) is 4.37. The molecule has 1 aliphatic rings. The van der Waals surface area contributed by atoms with E-state index in [2.05, 4.69) is 32.3 Å². The number of nitrogens with one attached hydrogen (secondary N) is 2. The molecular formula is C26H26FN7. The molecule has 4 aromatic rings. The number of hydrogen-bond acceptors (Lipinski definition) is 7. The van der Waals surface area contributed by atoms with E-state index in [9.17, 15) is 4.39 Å². The molecule has 4 N–H and O–H groups in total. The molecule has 0 spiro atoms. The van der Waals surface area contributed by atoms with Crippen molar-refractivity contribution in [1.29, 1.82) is 5.41 Å². The summed E-state index contributed by atoms with van der Waals surface area (Å²) < 4.78 is 13.8. The van der Waals surface area contributed by atoms with E-state index in [4.69, 9.17) is 16.1 Å². The number of likely N-dealkylation sites (tertiary alicyclic amines) is 1. The molecule has 2 aromatic carbocycles. The van der Waals surface area contributed by atoms with Gasteiger partial charge in [-0.05, 0) is 55.8 Å². The summed E-state index contributed by atoms with van der Waals surface area (Å²) in [6.07, 6.45) is 3.80. The highest BCUT2D eigenvalue weighted by atomic mass is 19.1. The Bertz CT molecular complexity index is 1350. The van der Waals surface area contributed by atoms with Crippen molar-refractivity contribution in [3.8, 4) is 0 Å². The van der Waals surface area contributed by atoms with Gasteiger partial charge in [0.2, 0.25) is 0 Å². The van der Waals surface area contributed by atoms with Crippen LogP contribution < -0.4 is 11.1 Å². The second-order valence-electron chi connectivity index (χ2n) is 8.49. The standard InChI is InChI=1S/C26H26FN7/c27-20-8-5-7-18(13-20)24(28)23-25(29)31-16-32-26(23)30-14-19-12-17-6-1-2-9-21(17)33-22(19)15-34-10-3-4-11-34/h1-2,5-9,12-13,16,28H,3-4,10-11,14-15H2,(H3,29,30,31,32). The van der Waals surface area contributed by atoms with Crippen LogP contribution in [-0.4, -0.2) is 38.7 Å². The van der Waals surface area contributed by atoms with Gasteiger partial charge in [-0.15, -0.1) is 0 Å². The van der Waals surface area contributed by atoms with Gasteiger partial charge in [-0.3, -0.25) is 15.3 Å². The first-order valence-corrected chi connectivity index (χ1v) is 11.4. The summed E-state index contributed by atoms with van der Waals surface area (Å²) in [5, 5.41) is 13.1. The van der Waals surface area contributed by atoms with Crippen molar-refractivity contribution in [3.05, 3.63) is 89.1 Å². The number of hydrogen-bond donors (Lipinski definition) is 3. The fourth-order valence-electron chi connectivity index (χ4n) is 4.39. The minimum atomic E-state index is -0.416. The van der Waals surface area contributed by atoms with Crippen LogP contribution in [0.3, 0.4) is 0 Å². The van der Waals surface area contributed by atoms with Gasteiger partial charge in [0.1, 0.15) is 23.8 Å². The third kappa shape index (κ3) is 4.58. The number of nitrogen functional groups attached to an aromatic ring is 1. The van der Waals surface area contributed by atoms with Gasteiger partial charge >= 0.3 is 0 Å². The smallest absolute Gasteiger partial charge is 0.141 e. The van der Waals surface area contributed by atoms with E-state index >= 15 is 0 Å². The van der Waals surface area contributed by atoms with E-state index in [0.717, 1.165) is 41.8 Å². The number of nitrogens with zero attached hydrogens (tertiary/aromatic N) is 4. The van der Waals surface area contributed by atoms with Crippen molar-refractivity contribution in [2.75, 3.05) is 24.1 Å². The second-order valence-corrected chi connectivity index (χ2v) is 8.49. The number of fused-ring (bicyclic) bond motifs is 1. The minimum Gasteiger partial charge on any atom is -0.383 e. The Kier molecular flexibility index (Phi) is 6.14. The lowest BCUT2D eigenvalue weighted by molar-refractivity contribution is 0.326. The van der Waals surface area contributed by atoms with Crippen LogP contribution >= 0.6 is 0 Å². The van der Waals surface area contributed by atoms with Gasteiger partial charge < -0.3 is 11.1 Å². The van der Waals surface area contributed by atoms with Crippen molar-refractivity contribution >= 4 is 28.3 Å². The SMILES string of the molecule is N=C(c1cccc(F)c1)c1c(N)ncnc1NCc1cc2ccccc2nc1CN1CCCC1. The zero-order valence-corrected chi connectivity index (χ0v) is 18.8. The van der Waals surface area contributed by atoms with Crippen LogP contribution in [0.5, 0.6) is 0 Å². The number of benzene rings is 2. The van der Waals surface area contributed by atoms with Gasteiger partial charge in [0.15, 0.2) is 0 Å². The molecule has 0 unspecified atom stereocenters. The summed E-state index contributed by atoms with van der Waals surface area (Å²) in [6, 6.07) is 16.1. The van der Waals surface area contributed by atoms with E-state index in [0.29, 0.717) is 23.5 Å². The highest BCUT2D eigenvalue weighted by molar-refractivity contribution is 6.16. The van der Waals surface area contributed by atoms with Crippen LogP contribution in [0.15, 0.2) is 60.9 Å². The van der Waals surface area contributed by atoms with Crippen molar-refractivity contribution in [1.82, 2.24) is 19.9 Å². The number of para-hydroxylation sites is 1. The molecule has 7 nitrogen and oxygen atoms in total. The van der Waals surface area contributed by atoms with Gasteiger partial charge in [0.25, 0.3) is 0 Å². The quantitative estimate of drug-likeness (QED) is 0.358. The summed E-state index contributed by atoms with van der Waals surface area (Å²) in [7, 11) is 0. The van der Waals surface area contributed by atoms with E-state index in [1.54, 1.807) is 12.1 Å². The van der Waals surface area contributed by atoms with Crippen LogP contribution in [0, 0.1) is 11.2 Å². The minimum absolute atomic E-state index is 0.0639. The van der Waals surface area contributed by atoms with Crippen molar-refractivity contribution in [2.24, 2.45) is 0 Å². The molecule has 2 aromatic heterocycles. The third-order valence-electron chi connectivity index (χ3n) is 6.15. The normalized spacial score (nSPS) is 13.9. The van der Waals surface area contributed by atoms with Gasteiger partial charge in [-0.25, -0.2) is 14.4 Å². The van der Waals surface area contributed by atoms with Crippen molar-refractivity contribution in [2.45, 2.75) is 25.9 Å². The zero-order valence-electron chi connectivity index (χ0n) is 18.8. The predicted molar refractivity (Wildman–Crippen MR) is 132 cm³/mol. The first-order chi connectivity index (χ1) is 16.6. The van der Waals surface area contributed by atoms with Crippen LogP contribution in [-0.2, 0) is 13.1 Å². The fourth-order valence-corrected chi connectivity index (χ4v) is 4.39. The monoisotopic (exact) mass is 455 g/mol. The zero-order chi connectivity index (χ0) is 23.5. The number of anilines is 2. The molecule has 0 atom stereocenters. The topological polar surface area (TPSA) is 104 Å². The molecule has 172 valence electrons. The van der Waals surface area contributed by atoms with Gasteiger partial charge in [-0.2, -0.15) is 0 Å². The maximum absolute atomic E-state index is 13.8. The summed E-state index contributed by atoms with van der Waals surface area (Å²) in [4.78, 5) is 15.8. The van der Waals surface area contributed by atoms with Crippen LogP contribution in [0.25, 0.3) is 10.9 Å². The number of aromatic nitrogens is 3. The lowest BCUT2D eigenvalue weighted by Crippen LogP contribution is -2.21. The van der Waals surface area contributed by atoms with Crippen molar-refractivity contribution < 1.29 is 4.39 Å². The Balaban J connectivity index is 1.46. The summed E-state index contributed by atoms with van der Waals surface area (Å²) in [6.45, 7) is 3.41. The second kappa shape index (κ2) is 9.52. The summed E-state index contributed by atoms with van der Waals surface area (Å²) >= 11 is 0. The molecule has 1 fully saturated rings. The molecule has 1 saturated heterocycles. The van der Waals surface area contributed by atoms with E-state index in [1.807, 2.05) is 18.2 Å². The molecule has 8 heteroatoms. The summed E-state index contributed by atoms with van der Waals surface area (Å²) in [5.74, 6) is 0.184. The first kappa shape index (κ1) is 21.9. The molecule has 0 saturated carbocycles. The van der Waals surface area contributed by atoms with Crippen LogP contribution in [0.2, 0.25) is 0 Å². The molecule has 0 amide bonds. The molecule has 3 heterocycles. The Hall–Kier alpha value is -3.91.